The van der Waals surface area contributed by atoms with Crippen LogP contribution in [0, 0.1) is 0 Å². The van der Waals surface area contributed by atoms with Crippen LogP contribution in [0.2, 0.25) is 0 Å². The van der Waals surface area contributed by atoms with Gasteiger partial charge in [-0.15, -0.1) is 5.10 Å². The molecule has 1 heterocycles. The maximum absolute atomic E-state index is 11.8. The summed E-state index contributed by atoms with van der Waals surface area (Å²) in [4.78, 5) is 11.8. The third-order valence-corrected chi connectivity index (χ3v) is 3.70. The van der Waals surface area contributed by atoms with E-state index in [4.69, 9.17) is 9.47 Å². The third-order valence-electron chi connectivity index (χ3n) is 3.70. The molecule has 1 aliphatic rings. The molecule has 2 aromatic carbocycles. The number of anilines is 2. The Labute approximate surface area is 152 Å². The maximum Gasteiger partial charge on any atom is 0.211 e. The van der Waals surface area contributed by atoms with Gasteiger partial charge < -0.3 is 9.47 Å². The van der Waals surface area contributed by atoms with Gasteiger partial charge in [0.1, 0.15) is 11.5 Å². The molecule has 3 rings (SSSR count). The Bertz CT molecular complexity index is 787. The van der Waals surface area contributed by atoms with Gasteiger partial charge in [-0.2, -0.15) is 10.2 Å². The molecule has 136 valence electrons. The van der Waals surface area contributed by atoms with E-state index in [1.54, 1.807) is 10.2 Å². The van der Waals surface area contributed by atoms with Crippen LogP contribution in [0.5, 0.6) is 11.5 Å². The van der Waals surface area contributed by atoms with Crippen molar-refractivity contribution in [3.05, 3.63) is 48.5 Å². The first-order valence-corrected chi connectivity index (χ1v) is 8.54. The summed E-state index contributed by atoms with van der Waals surface area (Å²) in [7, 11) is 0. The van der Waals surface area contributed by atoms with Crippen molar-refractivity contribution in [3.8, 4) is 11.5 Å². The Balaban J connectivity index is 1.89. The molecule has 0 amide bonds. The fraction of sp³-hybridized carbons (Fsp3) is 0.263. The first-order chi connectivity index (χ1) is 12.6. The van der Waals surface area contributed by atoms with E-state index < -0.39 is 0 Å². The molecular formula is C19H22N4O3. The normalized spacial score (nSPS) is 13.3. The van der Waals surface area contributed by atoms with E-state index in [1.165, 1.54) is 6.92 Å². The highest BCUT2D eigenvalue weighted by molar-refractivity contribution is 6.38. The van der Waals surface area contributed by atoms with Gasteiger partial charge >= 0.3 is 0 Å². The van der Waals surface area contributed by atoms with Crippen molar-refractivity contribution < 1.29 is 14.3 Å². The molecule has 0 aliphatic carbocycles. The molecular weight excluding hydrogens is 332 g/mol. The lowest BCUT2D eigenvalue weighted by Crippen LogP contribution is -2.45. The summed E-state index contributed by atoms with van der Waals surface area (Å²) >= 11 is 0. The zero-order chi connectivity index (χ0) is 18.5. The van der Waals surface area contributed by atoms with Crippen molar-refractivity contribution in [1.29, 1.82) is 0 Å². The van der Waals surface area contributed by atoms with Crippen LogP contribution in [0.15, 0.2) is 53.6 Å². The number of ether oxygens (including phenoxy) is 2. The quantitative estimate of drug-likeness (QED) is 0.824. The minimum atomic E-state index is -0.144. The second kappa shape index (κ2) is 7.77. The Hall–Kier alpha value is -3.22. The molecule has 7 heteroatoms. The number of ketones is 1. The molecule has 0 bridgehead atoms. The number of hydrazone groups is 1. The van der Waals surface area contributed by atoms with Gasteiger partial charge in [0.05, 0.1) is 24.6 Å². The van der Waals surface area contributed by atoms with Gasteiger partial charge in [0.2, 0.25) is 5.84 Å². The summed E-state index contributed by atoms with van der Waals surface area (Å²) in [5.41, 5.74) is 4.65. The van der Waals surface area contributed by atoms with Crippen molar-refractivity contribution >= 4 is 23.0 Å². The van der Waals surface area contributed by atoms with Gasteiger partial charge in [0.15, 0.2) is 5.78 Å². The van der Waals surface area contributed by atoms with Crippen LogP contribution in [0.1, 0.15) is 20.8 Å². The van der Waals surface area contributed by atoms with Crippen molar-refractivity contribution in [2.24, 2.45) is 5.10 Å². The molecule has 7 nitrogen and oxygen atoms in total. The first kappa shape index (κ1) is 17.6. The van der Waals surface area contributed by atoms with Crippen LogP contribution in [-0.2, 0) is 4.79 Å². The summed E-state index contributed by atoms with van der Waals surface area (Å²) in [5.74, 6) is 1.70. The lowest BCUT2D eigenvalue weighted by molar-refractivity contribution is -0.111. The third kappa shape index (κ3) is 3.72. The minimum Gasteiger partial charge on any atom is -0.494 e. The monoisotopic (exact) mass is 354 g/mol. The van der Waals surface area contributed by atoms with Crippen molar-refractivity contribution in [2.45, 2.75) is 20.8 Å². The van der Waals surface area contributed by atoms with Crippen LogP contribution >= 0.6 is 0 Å². The molecule has 0 radical (unpaired) electrons. The second-order valence-corrected chi connectivity index (χ2v) is 5.57. The smallest absolute Gasteiger partial charge is 0.211 e. The van der Waals surface area contributed by atoms with Gasteiger partial charge in [0.25, 0.3) is 0 Å². The summed E-state index contributed by atoms with van der Waals surface area (Å²) in [6.45, 7) is 6.57. The summed E-state index contributed by atoms with van der Waals surface area (Å²) in [6, 6.07) is 15.1. The van der Waals surface area contributed by atoms with Crippen LogP contribution in [-0.4, -0.2) is 24.8 Å². The maximum atomic E-state index is 11.8. The number of nitrogens with one attached hydrogen (secondary N) is 1. The Morgan fingerprint density at radius 3 is 1.88 bits per heavy atom. The largest absolute Gasteiger partial charge is 0.494 e. The molecule has 0 unspecified atom stereocenters. The fourth-order valence-corrected chi connectivity index (χ4v) is 2.50. The van der Waals surface area contributed by atoms with Crippen molar-refractivity contribution in [3.63, 3.8) is 0 Å². The SMILES string of the molecule is CCOc1ccc(N2N=C(C(C)=O)NN2c2ccc(OCC)cc2)cc1. The van der Waals surface area contributed by atoms with E-state index in [1.807, 2.05) is 62.4 Å². The predicted molar refractivity (Wildman–Crippen MR) is 101 cm³/mol. The summed E-state index contributed by atoms with van der Waals surface area (Å²) in [6.07, 6.45) is 0. The number of hydrogen-bond acceptors (Lipinski definition) is 7. The minimum absolute atomic E-state index is 0.144. The molecule has 0 saturated heterocycles. The molecule has 0 fully saturated rings. The molecule has 0 aromatic heterocycles. The summed E-state index contributed by atoms with van der Waals surface area (Å²) in [5, 5.41) is 7.74. The molecule has 1 N–H and O–H groups in total. The average Bonchev–Trinajstić information content (AvgIpc) is 3.09. The number of carbonyl (C=O) groups excluding carboxylic acids is 1. The molecule has 0 spiro atoms. The number of carbonyl (C=O) groups is 1. The van der Waals surface area contributed by atoms with Gasteiger partial charge in [-0.05, 0) is 62.4 Å². The zero-order valence-corrected chi connectivity index (χ0v) is 15.1. The Kier molecular flexibility index (Phi) is 5.26. The van der Waals surface area contributed by atoms with Crippen molar-refractivity contribution in [1.82, 2.24) is 5.43 Å². The number of nitrogens with zero attached hydrogens (tertiary/aromatic N) is 3. The fourth-order valence-electron chi connectivity index (χ4n) is 2.50. The Morgan fingerprint density at radius 1 is 0.923 bits per heavy atom. The van der Waals surface area contributed by atoms with E-state index in [0.717, 1.165) is 22.9 Å². The number of amidine groups is 1. The number of Topliss-reactive ketones (excluding diaryl/α,β-unsaturated/α-hetero) is 1. The van der Waals surface area contributed by atoms with Gasteiger partial charge in [0, 0.05) is 6.92 Å². The van der Waals surface area contributed by atoms with E-state index in [2.05, 4.69) is 10.5 Å². The van der Waals surface area contributed by atoms with Crippen LogP contribution in [0.4, 0.5) is 11.4 Å². The van der Waals surface area contributed by atoms with Gasteiger partial charge in [-0.3, -0.25) is 10.2 Å². The topological polar surface area (TPSA) is 66.4 Å². The van der Waals surface area contributed by atoms with Crippen molar-refractivity contribution in [2.75, 3.05) is 23.4 Å². The van der Waals surface area contributed by atoms with Gasteiger partial charge in [-0.25, -0.2) is 0 Å². The summed E-state index contributed by atoms with van der Waals surface area (Å²) < 4.78 is 11.0. The Morgan fingerprint density at radius 2 is 1.42 bits per heavy atom. The molecule has 2 aromatic rings. The van der Waals surface area contributed by atoms with E-state index in [0.29, 0.717) is 13.2 Å². The molecule has 0 saturated carbocycles. The average molecular weight is 354 g/mol. The highest BCUT2D eigenvalue weighted by Gasteiger charge is 2.27. The van der Waals surface area contributed by atoms with E-state index >= 15 is 0 Å². The zero-order valence-electron chi connectivity index (χ0n) is 15.1. The molecule has 0 atom stereocenters. The number of hydrazine groups is 2. The molecule has 26 heavy (non-hydrogen) atoms. The van der Waals surface area contributed by atoms with Crippen LogP contribution in [0.3, 0.4) is 0 Å². The highest BCUT2D eigenvalue weighted by atomic mass is 16.5. The second-order valence-electron chi connectivity index (χ2n) is 5.57. The highest BCUT2D eigenvalue weighted by Crippen LogP contribution is 2.27. The van der Waals surface area contributed by atoms with E-state index in [-0.39, 0.29) is 11.6 Å². The standard InChI is InChI=1S/C19H22N4O3/c1-4-25-17-10-6-15(7-11-17)22-20-19(14(3)24)21-23(22)16-8-12-18(13-9-16)26-5-2/h6-13H,4-5H2,1-3H3,(H,20,21). The first-order valence-electron chi connectivity index (χ1n) is 8.54. The molecule has 1 aliphatic heterocycles. The number of benzene rings is 2. The number of hydrogen-bond donors (Lipinski definition) is 1. The van der Waals surface area contributed by atoms with Crippen LogP contribution < -0.4 is 25.1 Å². The predicted octanol–water partition coefficient (Wildman–Crippen LogP) is 3.13. The number of rotatable bonds is 7. The lowest BCUT2D eigenvalue weighted by Gasteiger charge is -2.28. The van der Waals surface area contributed by atoms with E-state index in [9.17, 15) is 4.79 Å². The van der Waals surface area contributed by atoms with Gasteiger partial charge in [-0.1, -0.05) is 0 Å². The van der Waals surface area contributed by atoms with Crippen LogP contribution in [0.25, 0.3) is 0 Å². The lowest BCUT2D eigenvalue weighted by atomic mass is 10.3.